The maximum Gasteiger partial charge on any atom is 0.147 e. The van der Waals surface area contributed by atoms with E-state index >= 15 is 0 Å². The number of nitrogens with zero attached hydrogens (tertiary/aromatic N) is 3. The zero-order valence-corrected chi connectivity index (χ0v) is 7.61. The second-order valence-electron chi connectivity index (χ2n) is 2.94. The monoisotopic (exact) mass is 192 g/mol. The van der Waals surface area contributed by atoms with Gasteiger partial charge in [-0.3, -0.25) is 0 Å². The molecule has 0 aliphatic rings. The van der Waals surface area contributed by atoms with Crippen LogP contribution in [-0.2, 0) is 0 Å². The van der Waals surface area contributed by atoms with E-state index in [1.54, 1.807) is 24.0 Å². The third-order valence-corrected chi connectivity index (χ3v) is 1.85. The number of anilines is 1. The van der Waals surface area contributed by atoms with Gasteiger partial charge in [0, 0.05) is 0 Å². The highest BCUT2D eigenvalue weighted by atomic mass is 19.1. The molecule has 0 aliphatic heterocycles. The molecule has 0 aliphatic carbocycles. The van der Waals surface area contributed by atoms with Gasteiger partial charge in [0.2, 0.25) is 0 Å². The van der Waals surface area contributed by atoms with E-state index in [2.05, 4.69) is 10.1 Å². The molecular weight excluding hydrogens is 183 g/mol. The fourth-order valence-electron chi connectivity index (χ4n) is 1.14. The summed E-state index contributed by atoms with van der Waals surface area (Å²) in [6, 6.07) is 4.42. The molecule has 0 saturated heterocycles. The van der Waals surface area contributed by atoms with Crippen molar-refractivity contribution in [3.05, 3.63) is 36.2 Å². The Kier molecular flexibility index (Phi) is 1.92. The summed E-state index contributed by atoms with van der Waals surface area (Å²) < 4.78 is 14.4. The van der Waals surface area contributed by atoms with Crippen LogP contribution < -0.4 is 5.73 Å². The van der Waals surface area contributed by atoms with Crippen molar-refractivity contribution < 1.29 is 4.39 Å². The van der Waals surface area contributed by atoms with E-state index in [0.29, 0.717) is 11.5 Å². The molecule has 2 N–H and O–H groups in total. The summed E-state index contributed by atoms with van der Waals surface area (Å²) in [7, 11) is 0. The molecule has 0 unspecified atom stereocenters. The Bertz CT molecular complexity index is 464. The van der Waals surface area contributed by atoms with Gasteiger partial charge in [-0.05, 0) is 25.1 Å². The molecule has 1 aromatic carbocycles. The Morgan fingerprint density at radius 3 is 2.79 bits per heavy atom. The minimum atomic E-state index is -0.425. The zero-order valence-electron chi connectivity index (χ0n) is 7.61. The molecule has 5 heteroatoms. The summed E-state index contributed by atoms with van der Waals surface area (Å²) in [4.78, 5) is 3.96. The van der Waals surface area contributed by atoms with Crippen molar-refractivity contribution in [2.45, 2.75) is 6.92 Å². The fraction of sp³-hybridized carbons (Fsp3) is 0.111. The summed E-state index contributed by atoms with van der Waals surface area (Å²) in [5, 5.41) is 4.08. The van der Waals surface area contributed by atoms with Gasteiger partial charge in [0.15, 0.2) is 0 Å². The predicted molar refractivity (Wildman–Crippen MR) is 50.5 cm³/mol. The lowest BCUT2D eigenvalue weighted by Gasteiger charge is -2.01. The topological polar surface area (TPSA) is 56.7 Å². The average Bonchev–Trinajstić information content (AvgIpc) is 2.57. The maximum absolute atomic E-state index is 12.8. The molecule has 0 bridgehead atoms. The molecule has 0 fully saturated rings. The van der Waals surface area contributed by atoms with E-state index in [1.807, 2.05) is 0 Å². The van der Waals surface area contributed by atoms with Gasteiger partial charge in [-0.1, -0.05) is 0 Å². The van der Waals surface area contributed by atoms with Crippen molar-refractivity contribution in [1.82, 2.24) is 14.8 Å². The predicted octanol–water partition coefficient (Wildman–Crippen LogP) is 1.30. The molecule has 14 heavy (non-hydrogen) atoms. The Labute approximate surface area is 80.2 Å². The minimum absolute atomic E-state index is 0.107. The third kappa shape index (κ3) is 1.44. The lowest BCUT2D eigenvalue weighted by atomic mass is 10.3. The number of nitrogens with two attached hydrogens (primary N) is 1. The van der Waals surface area contributed by atoms with Crippen molar-refractivity contribution >= 4 is 5.69 Å². The van der Waals surface area contributed by atoms with E-state index in [9.17, 15) is 4.39 Å². The summed E-state index contributed by atoms with van der Waals surface area (Å²) in [6.45, 7) is 1.78. The second-order valence-corrected chi connectivity index (χ2v) is 2.94. The van der Waals surface area contributed by atoms with Crippen molar-refractivity contribution in [1.29, 1.82) is 0 Å². The van der Waals surface area contributed by atoms with Crippen molar-refractivity contribution in [2.24, 2.45) is 0 Å². The first-order valence-corrected chi connectivity index (χ1v) is 4.10. The van der Waals surface area contributed by atoms with Crippen molar-refractivity contribution in [2.75, 3.05) is 5.73 Å². The molecule has 2 rings (SSSR count). The van der Waals surface area contributed by atoms with Gasteiger partial charge in [0.05, 0.1) is 11.4 Å². The number of benzene rings is 1. The van der Waals surface area contributed by atoms with Crippen LogP contribution in [0.3, 0.4) is 0 Å². The number of rotatable bonds is 1. The van der Waals surface area contributed by atoms with Gasteiger partial charge in [0.1, 0.15) is 18.0 Å². The minimum Gasteiger partial charge on any atom is -0.396 e. The van der Waals surface area contributed by atoms with E-state index in [1.165, 1.54) is 12.1 Å². The second kappa shape index (κ2) is 3.10. The number of aryl methyl sites for hydroxylation is 1. The highest BCUT2D eigenvalue weighted by molar-refractivity contribution is 5.48. The van der Waals surface area contributed by atoms with Crippen LogP contribution in [0.25, 0.3) is 5.69 Å². The van der Waals surface area contributed by atoms with Gasteiger partial charge in [-0.25, -0.2) is 14.1 Å². The van der Waals surface area contributed by atoms with Gasteiger partial charge < -0.3 is 5.73 Å². The molecule has 0 atom stereocenters. The van der Waals surface area contributed by atoms with Crippen LogP contribution in [0, 0.1) is 12.7 Å². The molecule has 4 nitrogen and oxygen atoms in total. The van der Waals surface area contributed by atoms with Gasteiger partial charge in [-0.15, -0.1) is 0 Å². The summed E-state index contributed by atoms with van der Waals surface area (Å²) in [5.74, 6) is 0.235. The van der Waals surface area contributed by atoms with E-state index in [0.717, 1.165) is 0 Å². The highest BCUT2D eigenvalue weighted by Gasteiger charge is 2.02. The molecule has 2 aromatic rings. The fourth-order valence-corrected chi connectivity index (χ4v) is 1.14. The zero-order chi connectivity index (χ0) is 10.1. The number of hydrogen-bond acceptors (Lipinski definition) is 3. The quantitative estimate of drug-likeness (QED) is 0.693. The summed E-state index contributed by atoms with van der Waals surface area (Å²) >= 11 is 0. The van der Waals surface area contributed by atoms with E-state index < -0.39 is 5.82 Å². The molecule has 1 aromatic heterocycles. The normalized spacial score (nSPS) is 10.4. The summed E-state index contributed by atoms with van der Waals surface area (Å²) in [5.41, 5.74) is 6.23. The van der Waals surface area contributed by atoms with Crippen LogP contribution in [-0.4, -0.2) is 14.8 Å². The van der Waals surface area contributed by atoms with E-state index in [-0.39, 0.29) is 5.69 Å². The SMILES string of the molecule is Cc1ncn(-c2ccc(F)c(N)c2)n1. The number of nitrogen functional groups attached to an aromatic ring is 1. The first kappa shape index (κ1) is 8.68. The Morgan fingerprint density at radius 1 is 1.43 bits per heavy atom. The van der Waals surface area contributed by atoms with Gasteiger partial charge >= 0.3 is 0 Å². The smallest absolute Gasteiger partial charge is 0.147 e. The van der Waals surface area contributed by atoms with Crippen LogP contribution in [0.15, 0.2) is 24.5 Å². The Morgan fingerprint density at radius 2 is 2.21 bits per heavy atom. The van der Waals surface area contributed by atoms with Gasteiger partial charge in [-0.2, -0.15) is 5.10 Å². The standard InChI is InChI=1S/C9H9FN4/c1-6-12-5-14(13-6)7-2-3-8(10)9(11)4-7/h2-5H,11H2,1H3. The van der Waals surface area contributed by atoms with Crippen LogP contribution >= 0.6 is 0 Å². The van der Waals surface area contributed by atoms with E-state index in [4.69, 9.17) is 5.73 Å². The maximum atomic E-state index is 12.8. The molecular formula is C9H9FN4. The van der Waals surface area contributed by atoms with Crippen LogP contribution in [0.4, 0.5) is 10.1 Å². The lowest BCUT2D eigenvalue weighted by Crippen LogP contribution is -1.98. The van der Waals surface area contributed by atoms with Crippen LogP contribution in [0.5, 0.6) is 0 Å². The molecule has 0 spiro atoms. The first-order valence-electron chi connectivity index (χ1n) is 4.10. The molecule has 0 radical (unpaired) electrons. The number of halogens is 1. The lowest BCUT2D eigenvalue weighted by molar-refractivity contribution is 0.631. The highest BCUT2D eigenvalue weighted by Crippen LogP contribution is 2.14. The van der Waals surface area contributed by atoms with Crippen LogP contribution in [0.1, 0.15) is 5.82 Å². The molecule has 72 valence electrons. The summed E-state index contributed by atoms with van der Waals surface area (Å²) in [6.07, 6.45) is 1.56. The molecule has 0 saturated carbocycles. The van der Waals surface area contributed by atoms with Crippen molar-refractivity contribution in [3.63, 3.8) is 0 Å². The number of aromatic nitrogens is 3. The largest absolute Gasteiger partial charge is 0.396 e. The Hall–Kier alpha value is -1.91. The van der Waals surface area contributed by atoms with Gasteiger partial charge in [0.25, 0.3) is 0 Å². The van der Waals surface area contributed by atoms with Crippen LogP contribution in [0.2, 0.25) is 0 Å². The third-order valence-electron chi connectivity index (χ3n) is 1.85. The Balaban J connectivity index is 2.47. The first-order chi connectivity index (χ1) is 6.66. The molecule has 1 heterocycles. The molecule has 0 amide bonds. The number of hydrogen-bond donors (Lipinski definition) is 1. The average molecular weight is 192 g/mol. The van der Waals surface area contributed by atoms with Crippen molar-refractivity contribution in [3.8, 4) is 5.69 Å².